The van der Waals surface area contributed by atoms with Crippen LogP contribution in [0.1, 0.15) is 9.30 Å². The van der Waals surface area contributed by atoms with Gasteiger partial charge < -0.3 is 0 Å². The van der Waals surface area contributed by atoms with Crippen LogP contribution in [0.15, 0.2) is 48.5 Å². The summed E-state index contributed by atoms with van der Waals surface area (Å²) in [6.45, 7) is 0. The van der Waals surface area contributed by atoms with Crippen LogP contribution in [-0.4, -0.2) is 0 Å². The number of rotatable bonds is 2. The van der Waals surface area contributed by atoms with Crippen LogP contribution in [-0.2, 0) is 0 Å². The second kappa shape index (κ2) is 5.11. The van der Waals surface area contributed by atoms with Gasteiger partial charge in [-0.1, -0.05) is 62.2 Å². The average molecular weight is 344 g/mol. The van der Waals surface area contributed by atoms with E-state index in [1.807, 2.05) is 30.3 Å². The van der Waals surface area contributed by atoms with Gasteiger partial charge in [0.1, 0.15) is 5.82 Å². The smallest absolute Gasteiger partial charge is 0.123 e. The Morgan fingerprint density at radius 3 is 2.12 bits per heavy atom. The summed E-state index contributed by atoms with van der Waals surface area (Å²) in [5.74, 6) is -0.211. The lowest BCUT2D eigenvalue weighted by atomic mass is 10.0. The highest BCUT2D eigenvalue weighted by Crippen LogP contribution is 2.31. The molecule has 0 nitrogen and oxygen atoms in total. The molecule has 0 aromatic heterocycles. The van der Waals surface area contributed by atoms with E-state index in [-0.39, 0.29) is 9.55 Å². The van der Waals surface area contributed by atoms with E-state index in [1.54, 1.807) is 6.07 Å². The molecule has 0 spiro atoms. The molecular weight excluding hydrogens is 335 g/mol. The van der Waals surface area contributed by atoms with Gasteiger partial charge in [-0.05, 0) is 34.9 Å². The van der Waals surface area contributed by atoms with Crippen molar-refractivity contribution in [3.63, 3.8) is 0 Å². The van der Waals surface area contributed by atoms with Crippen molar-refractivity contribution in [1.29, 1.82) is 0 Å². The number of halogens is 3. The average Bonchev–Trinajstić information content (AvgIpc) is 2.29. The van der Waals surface area contributed by atoms with Crippen LogP contribution < -0.4 is 0 Å². The third kappa shape index (κ3) is 2.71. The Bertz CT molecular complexity index is 495. The van der Waals surface area contributed by atoms with E-state index < -0.39 is 0 Å². The predicted molar refractivity (Wildman–Crippen MR) is 72.4 cm³/mol. The first-order valence-corrected chi connectivity index (χ1v) is 6.64. The van der Waals surface area contributed by atoms with Gasteiger partial charge in [-0.25, -0.2) is 4.39 Å². The minimum absolute atomic E-state index is 0.119. The number of hydrogen-bond donors (Lipinski definition) is 0. The van der Waals surface area contributed by atoms with Gasteiger partial charge in [-0.15, -0.1) is 0 Å². The molecule has 0 aliphatic rings. The molecule has 3 heteroatoms. The molecule has 0 N–H and O–H groups in total. The number of hydrogen-bond acceptors (Lipinski definition) is 0. The molecule has 0 amide bonds. The van der Waals surface area contributed by atoms with Gasteiger partial charge in [0.2, 0.25) is 0 Å². The Balaban J connectivity index is 2.44. The molecule has 0 bridgehead atoms. The Hall–Kier alpha value is -0.670. The van der Waals surface area contributed by atoms with E-state index in [2.05, 4.69) is 31.9 Å². The fourth-order valence-corrected chi connectivity index (χ4v) is 2.09. The second-order valence-electron chi connectivity index (χ2n) is 3.44. The van der Waals surface area contributed by atoms with Crippen molar-refractivity contribution < 1.29 is 4.39 Å². The highest BCUT2D eigenvalue weighted by Gasteiger charge is 2.04. The Kier molecular flexibility index (Phi) is 3.77. The molecule has 0 fully saturated rings. The lowest BCUT2D eigenvalue weighted by Crippen LogP contribution is -1.84. The lowest BCUT2D eigenvalue weighted by Gasteiger charge is -2.06. The van der Waals surface area contributed by atoms with Crippen LogP contribution in [0.5, 0.6) is 0 Å². The molecule has 0 aliphatic carbocycles. The molecule has 0 aliphatic heterocycles. The summed E-state index contributed by atoms with van der Waals surface area (Å²) in [7, 11) is 0. The van der Waals surface area contributed by atoms with E-state index in [0.717, 1.165) is 16.7 Å². The minimum atomic E-state index is -0.211. The Labute approximate surface area is 111 Å². The van der Waals surface area contributed by atoms with Gasteiger partial charge in [0.05, 0.1) is 3.74 Å². The summed E-state index contributed by atoms with van der Waals surface area (Å²) in [6.07, 6.45) is 0. The maximum Gasteiger partial charge on any atom is 0.123 e. The highest BCUT2D eigenvalue weighted by molar-refractivity contribution is 9.24. The topological polar surface area (TPSA) is 0 Å². The van der Waals surface area contributed by atoms with Crippen molar-refractivity contribution in [2.45, 2.75) is 3.74 Å². The van der Waals surface area contributed by atoms with Crippen LogP contribution in [0.2, 0.25) is 0 Å². The third-order valence-electron chi connectivity index (χ3n) is 2.30. The maximum atomic E-state index is 13.1. The fraction of sp³-hybridized carbons (Fsp3) is 0.0769. The molecule has 2 rings (SSSR count). The summed E-state index contributed by atoms with van der Waals surface area (Å²) < 4.78 is 13.2. The van der Waals surface area contributed by atoms with Gasteiger partial charge >= 0.3 is 0 Å². The highest BCUT2D eigenvalue weighted by atomic mass is 79.9. The fourth-order valence-electron chi connectivity index (χ4n) is 1.52. The minimum Gasteiger partial charge on any atom is -0.207 e. The quantitative estimate of drug-likeness (QED) is 0.650. The first kappa shape index (κ1) is 11.8. The molecule has 0 radical (unpaired) electrons. The lowest BCUT2D eigenvalue weighted by molar-refractivity contribution is 0.628. The van der Waals surface area contributed by atoms with E-state index in [9.17, 15) is 4.39 Å². The van der Waals surface area contributed by atoms with E-state index >= 15 is 0 Å². The zero-order valence-electron chi connectivity index (χ0n) is 8.33. The van der Waals surface area contributed by atoms with Crippen molar-refractivity contribution in [2.75, 3.05) is 0 Å². The zero-order valence-corrected chi connectivity index (χ0v) is 11.5. The molecule has 0 atom stereocenters. The van der Waals surface area contributed by atoms with Crippen LogP contribution in [0.3, 0.4) is 0 Å². The van der Waals surface area contributed by atoms with Crippen molar-refractivity contribution in [2.24, 2.45) is 0 Å². The van der Waals surface area contributed by atoms with E-state index in [4.69, 9.17) is 0 Å². The number of benzene rings is 2. The number of alkyl halides is 2. The summed E-state index contributed by atoms with van der Waals surface area (Å²) in [5.41, 5.74) is 3.02. The van der Waals surface area contributed by atoms with Gasteiger partial charge in [-0.2, -0.15) is 0 Å². The molecule has 0 saturated carbocycles. The molecule has 0 heterocycles. The molecule has 82 valence electrons. The normalized spacial score (nSPS) is 10.8. The van der Waals surface area contributed by atoms with Crippen molar-refractivity contribution >= 4 is 31.9 Å². The first-order chi connectivity index (χ1) is 7.66. The van der Waals surface area contributed by atoms with Crippen LogP contribution in [0.25, 0.3) is 11.1 Å². The molecule has 0 saturated heterocycles. The van der Waals surface area contributed by atoms with Crippen molar-refractivity contribution in [3.8, 4) is 11.1 Å². The second-order valence-corrected chi connectivity index (χ2v) is 6.50. The molecule has 2 aromatic rings. The summed E-state index contributed by atoms with van der Waals surface area (Å²) >= 11 is 6.89. The molecule has 2 aromatic carbocycles. The third-order valence-corrected chi connectivity index (χ3v) is 3.35. The summed E-state index contributed by atoms with van der Waals surface area (Å²) in [4.78, 5) is 0. The van der Waals surface area contributed by atoms with Crippen LogP contribution >= 0.6 is 31.9 Å². The monoisotopic (exact) mass is 342 g/mol. The van der Waals surface area contributed by atoms with Crippen LogP contribution in [0.4, 0.5) is 4.39 Å². The van der Waals surface area contributed by atoms with Gasteiger partial charge in [-0.3, -0.25) is 0 Å². The Morgan fingerprint density at radius 2 is 1.50 bits per heavy atom. The molecule has 16 heavy (non-hydrogen) atoms. The van der Waals surface area contributed by atoms with Crippen LogP contribution in [0, 0.1) is 5.82 Å². The van der Waals surface area contributed by atoms with Gasteiger partial charge in [0.25, 0.3) is 0 Å². The largest absolute Gasteiger partial charge is 0.207 e. The standard InChI is InChI=1S/C13H9Br2F/c14-13(15)11-5-1-3-9(7-11)10-4-2-6-12(16)8-10/h1-8,13H. The van der Waals surface area contributed by atoms with Gasteiger partial charge in [0.15, 0.2) is 0 Å². The molecular formula is C13H9Br2F. The molecule has 0 unspecified atom stereocenters. The van der Waals surface area contributed by atoms with E-state index in [0.29, 0.717) is 0 Å². The summed E-state index contributed by atoms with van der Waals surface area (Å²) in [6, 6.07) is 14.6. The SMILES string of the molecule is Fc1cccc(-c2cccc(C(Br)Br)c2)c1. The maximum absolute atomic E-state index is 13.1. The first-order valence-electron chi connectivity index (χ1n) is 4.81. The summed E-state index contributed by atoms with van der Waals surface area (Å²) in [5, 5.41) is 0. The van der Waals surface area contributed by atoms with Crippen molar-refractivity contribution in [3.05, 3.63) is 59.9 Å². The van der Waals surface area contributed by atoms with Gasteiger partial charge in [0, 0.05) is 0 Å². The van der Waals surface area contributed by atoms with E-state index in [1.165, 1.54) is 12.1 Å². The zero-order chi connectivity index (χ0) is 11.5. The van der Waals surface area contributed by atoms with Crippen molar-refractivity contribution in [1.82, 2.24) is 0 Å². The predicted octanol–water partition coefficient (Wildman–Crippen LogP) is 5.28. The Morgan fingerprint density at radius 1 is 0.875 bits per heavy atom.